The quantitative estimate of drug-likeness (QED) is 0.245. The molecule has 4 nitrogen and oxygen atoms in total. The molecule has 0 N–H and O–H groups in total. The van der Waals surface area contributed by atoms with E-state index < -0.39 is 0 Å². The van der Waals surface area contributed by atoms with Crippen LogP contribution in [0.1, 0.15) is 118 Å². The second-order valence-electron chi connectivity index (χ2n) is 8.47. The van der Waals surface area contributed by atoms with Crippen molar-refractivity contribution >= 4 is 11.9 Å². The number of esters is 2. The van der Waals surface area contributed by atoms with Crippen molar-refractivity contribution in [3.63, 3.8) is 0 Å². The van der Waals surface area contributed by atoms with E-state index in [1.807, 2.05) is 0 Å². The molecular formula is C24H44O4. The van der Waals surface area contributed by atoms with E-state index in [0.29, 0.717) is 0 Å². The molecule has 0 heterocycles. The number of hydrogen-bond donors (Lipinski definition) is 0. The van der Waals surface area contributed by atoms with E-state index in [1.54, 1.807) is 0 Å². The number of hydrogen-bond acceptors (Lipinski definition) is 4. The number of carbonyl (C=O) groups excluding carboxylic acids is 2. The largest absolute Gasteiger partial charge is 0.462 e. The minimum absolute atomic E-state index is 0.0456. The minimum atomic E-state index is -0.0545. The van der Waals surface area contributed by atoms with Gasteiger partial charge in [-0.1, -0.05) is 53.4 Å². The van der Waals surface area contributed by atoms with Crippen molar-refractivity contribution in [1.82, 2.24) is 0 Å². The molecule has 1 aliphatic rings. The summed E-state index contributed by atoms with van der Waals surface area (Å²) in [7, 11) is 0. The van der Waals surface area contributed by atoms with E-state index in [9.17, 15) is 9.59 Å². The van der Waals surface area contributed by atoms with Gasteiger partial charge in [0.25, 0.3) is 0 Å². The first kappa shape index (κ1) is 25.0. The van der Waals surface area contributed by atoms with Crippen molar-refractivity contribution in [3.05, 3.63) is 0 Å². The van der Waals surface area contributed by atoms with Gasteiger partial charge in [0.05, 0.1) is 11.8 Å². The van der Waals surface area contributed by atoms with Gasteiger partial charge in [0.15, 0.2) is 0 Å². The summed E-state index contributed by atoms with van der Waals surface area (Å²) in [6.45, 7) is 8.54. The predicted molar refractivity (Wildman–Crippen MR) is 114 cm³/mol. The van der Waals surface area contributed by atoms with Gasteiger partial charge >= 0.3 is 11.9 Å². The van der Waals surface area contributed by atoms with E-state index in [4.69, 9.17) is 9.47 Å². The average Bonchev–Trinajstić information content (AvgIpc) is 2.72. The van der Waals surface area contributed by atoms with Crippen LogP contribution in [-0.4, -0.2) is 24.1 Å². The molecule has 0 aromatic carbocycles. The van der Waals surface area contributed by atoms with Crippen LogP contribution in [0.15, 0.2) is 0 Å². The Hall–Kier alpha value is -1.06. The van der Waals surface area contributed by atoms with Crippen molar-refractivity contribution in [2.45, 2.75) is 130 Å². The van der Waals surface area contributed by atoms with Gasteiger partial charge in [-0.15, -0.1) is 0 Å². The zero-order valence-corrected chi connectivity index (χ0v) is 18.8. The summed E-state index contributed by atoms with van der Waals surface area (Å²) in [4.78, 5) is 25.0. The van der Waals surface area contributed by atoms with E-state index in [-0.39, 0.29) is 36.0 Å². The van der Waals surface area contributed by atoms with Crippen LogP contribution in [0.4, 0.5) is 0 Å². The maximum absolute atomic E-state index is 12.5. The topological polar surface area (TPSA) is 52.6 Å². The molecule has 4 heteroatoms. The van der Waals surface area contributed by atoms with Gasteiger partial charge in [0, 0.05) is 0 Å². The molecule has 1 saturated carbocycles. The first-order chi connectivity index (χ1) is 13.5. The van der Waals surface area contributed by atoms with Crippen molar-refractivity contribution in [2.75, 3.05) is 0 Å². The van der Waals surface area contributed by atoms with Crippen molar-refractivity contribution < 1.29 is 19.1 Å². The molecule has 0 saturated heterocycles. The summed E-state index contributed by atoms with van der Waals surface area (Å²) in [6, 6.07) is 0. The van der Waals surface area contributed by atoms with Crippen LogP contribution in [-0.2, 0) is 19.1 Å². The molecule has 1 fully saturated rings. The molecule has 0 aliphatic heterocycles. The molecule has 164 valence electrons. The second kappa shape index (κ2) is 14.9. The molecule has 0 bridgehead atoms. The molecule has 28 heavy (non-hydrogen) atoms. The van der Waals surface area contributed by atoms with Gasteiger partial charge in [0.1, 0.15) is 12.2 Å². The SMILES string of the molecule is CCCCCC(CC)OC(=O)C1CCC(C(=O)OC(CC)CCCCC)CC1. The molecule has 0 amide bonds. The summed E-state index contributed by atoms with van der Waals surface area (Å²) in [6.07, 6.45) is 13.8. The normalized spacial score (nSPS) is 21.7. The zero-order valence-electron chi connectivity index (χ0n) is 18.8. The van der Waals surface area contributed by atoms with Gasteiger partial charge in [0.2, 0.25) is 0 Å². The molecular weight excluding hydrogens is 352 g/mol. The van der Waals surface area contributed by atoms with Crippen LogP contribution in [0.3, 0.4) is 0 Å². The van der Waals surface area contributed by atoms with Crippen LogP contribution in [0.25, 0.3) is 0 Å². The van der Waals surface area contributed by atoms with Gasteiger partial charge < -0.3 is 9.47 Å². The van der Waals surface area contributed by atoms with E-state index in [2.05, 4.69) is 27.7 Å². The maximum Gasteiger partial charge on any atom is 0.309 e. The molecule has 1 rings (SSSR count). The Morgan fingerprint density at radius 3 is 1.32 bits per heavy atom. The Bertz CT molecular complexity index is 386. The fraction of sp³-hybridized carbons (Fsp3) is 0.917. The standard InChI is InChI=1S/C24H44O4/c1-5-9-11-13-21(7-3)27-23(25)19-15-17-20(18-16-19)24(26)28-22(8-4)14-12-10-6-2/h19-22H,5-18H2,1-4H3. The number of rotatable bonds is 14. The Morgan fingerprint density at radius 2 is 1.04 bits per heavy atom. The van der Waals surface area contributed by atoms with Gasteiger partial charge in [-0.3, -0.25) is 9.59 Å². The number of unbranched alkanes of at least 4 members (excludes halogenated alkanes) is 4. The van der Waals surface area contributed by atoms with Crippen molar-refractivity contribution in [3.8, 4) is 0 Å². The maximum atomic E-state index is 12.5. The predicted octanol–water partition coefficient (Wildman–Crippen LogP) is 6.60. The van der Waals surface area contributed by atoms with Crippen LogP contribution in [0, 0.1) is 11.8 Å². The monoisotopic (exact) mass is 396 g/mol. The Labute approximate surface area is 173 Å². The highest BCUT2D eigenvalue weighted by Gasteiger charge is 2.33. The highest BCUT2D eigenvalue weighted by Crippen LogP contribution is 2.31. The lowest BCUT2D eigenvalue weighted by Crippen LogP contribution is -2.31. The highest BCUT2D eigenvalue weighted by atomic mass is 16.5. The minimum Gasteiger partial charge on any atom is -0.462 e. The lowest BCUT2D eigenvalue weighted by atomic mass is 9.82. The molecule has 0 aromatic rings. The molecule has 0 radical (unpaired) electrons. The number of carbonyl (C=O) groups is 2. The first-order valence-electron chi connectivity index (χ1n) is 12.0. The van der Waals surface area contributed by atoms with E-state index >= 15 is 0 Å². The molecule has 2 atom stereocenters. The summed E-state index contributed by atoms with van der Waals surface area (Å²) in [5.41, 5.74) is 0. The molecule has 2 unspecified atom stereocenters. The van der Waals surface area contributed by atoms with Crippen LogP contribution in [0.5, 0.6) is 0 Å². The van der Waals surface area contributed by atoms with Crippen molar-refractivity contribution in [2.24, 2.45) is 11.8 Å². The smallest absolute Gasteiger partial charge is 0.309 e. The third kappa shape index (κ3) is 9.43. The third-order valence-corrected chi connectivity index (χ3v) is 6.13. The molecule has 0 spiro atoms. The van der Waals surface area contributed by atoms with Gasteiger partial charge in [-0.25, -0.2) is 0 Å². The Balaban J connectivity index is 2.36. The fourth-order valence-corrected chi connectivity index (χ4v) is 4.02. The molecule has 1 aliphatic carbocycles. The fourth-order valence-electron chi connectivity index (χ4n) is 4.02. The average molecular weight is 397 g/mol. The first-order valence-corrected chi connectivity index (χ1v) is 12.0. The Kier molecular flexibility index (Phi) is 13.3. The van der Waals surface area contributed by atoms with Gasteiger partial charge in [-0.05, 0) is 64.2 Å². The summed E-state index contributed by atoms with van der Waals surface area (Å²) >= 11 is 0. The van der Waals surface area contributed by atoms with Crippen molar-refractivity contribution in [1.29, 1.82) is 0 Å². The lowest BCUT2D eigenvalue weighted by Gasteiger charge is -2.28. The van der Waals surface area contributed by atoms with Crippen LogP contribution in [0.2, 0.25) is 0 Å². The Morgan fingerprint density at radius 1 is 0.679 bits per heavy atom. The highest BCUT2D eigenvalue weighted by molar-refractivity contribution is 5.75. The summed E-state index contributed by atoms with van der Waals surface area (Å²) in [5.74, 6) is -0.200. The third-order valence-electron chi connectivity index (χ3n) is 6.13. The number of ether oxygens (including phenoxy) is 2. The van der Waals surface area contributed by atoms with Crippen LogP contribution >= 0.6 is 0 Å². The van der Waals surface area contributed by atoms with E-state index in [0.717, 1.165) is 64.2 Å². The summed E-state index contributed by atoms with van der Waals surface area (Å²) < 4.78 is 11.5. The second-order valence-corrected chi connectivity index (χ2v) is 8.47. The lowest BCUT2D eigenvalue weighted by molar-refractivity contribution is -0.161. The zero-order chi connectivity index (χ0) is 20.8. The molecule has 0 aromatic heterocycles. The summed E-state index contributed by atoms with van der Waals surface area (Å²) in [5, 5.41) is 0. The van der Waals surface area contributed by atoms with E-state index in [1.165, 1.54) is 25.7 Å². The van der Waals surface area contributed by atoms with Gasteiger partial charge in [-0.2, -0.15) is 0 Å². The van der Waals surface area contributed by atoms with Crippen LogP contribution < -0.4 is 0 Å².